The van der Waals surface area contributed by atoms with Crippen LogP contribution in [-0.4, -0.2) is 41.4 Å². The number of rotatable bonds is 10. The molecule has 0 aromatic carbocycles. The van der Waals surface area contributed by atoms with Gasteiger partial charge in [0, 0.05) is 0 Å². The number of aliphatic carboxylic acids is 1. The largest absolute Gasteiger partial charge is 0.481 e. The maximum Gasteiger partial charge on any atom is 0.329 e. The second-order valence-electron chi connectivity index (χ2n) is 4.52. The van der Waals surface area contributed by atoms with Gasteiger partial charge in [-0.1, -0.05) is 19.9 Å². The highest BCUT2D eigenvalue weighted by Crippen LogP contribution is 2.09. The van der Waals surface area contributed by atoms with Crippen molar-refractivity contribution in [2.75, 3.05) is 5.75 Å². The van der Waals surface area contributed by atoms with Crippen LogP contribution in [0.1, 0.15) is 26.7 Å². The molecule has 114 valence electrons. The third kappa shape index (κ3) is 7.83. The summed E-state index contributed by atoms with van der Waals surface area (Å²) in [4.78, 5) is 33.1. The standard InChI is InChI=1S/C13H21NO5S/c1-9(2)12(14-8-15)13(18)19-10(7-11(16)17)5-3-4-6-20/h3,5,8-10,12,20H,4,6-7H2,1-2H3,(H,14,15)(H,16,17)/b5-3+/t10-,12?/m0/s1. The maximum absolute atomic E-state index is 11.9. The number of ether oxygens (including phenoxy) is 1. The summed E-state index contributed by atoms with van der Waals surface area (Å²) in [7, 11) is 0. The quantitative estimate of drug-likeness (QED) is 0.242. The SMILES string of the molecule is CC(C)C(NC=O)C(=O)O[C@@H](/C=C/CCS)CC(=O)O. The molecule has 0 aliphatic heterocycles. The normalized spacial score (nSPS) is 14.0. The Kier molecular flexibility index (Phi) is 9.53. The zero-order valence-corrected chi connectivity index (χ0v) is 12.5. The molecule has 2 N–H and O–H groups in total. The third-order valence-electron chi connectivity index (χ3n) is 2.46. The molecule has 0 heterocycles. The lowest BCUT2D eigenvalue weighted by Crippen LogP contribution is -2.42. The molecule has 20 heavy (non-hydrogen) atoms. The average molecular weight is 303 g/mol. The summed E-state index contributed by atoms with van der Waals surface area (Å²) in [6, 6.07) is -0.790. The van der Waals surface area contributed by atoms with Gasteiger partial charge in [-0.05, 0) is 24.2 Å². The van der Waals surface area contributed by atoms with E-state index in [4.69, 9.17) is 9.84 Å². The Hall–Kier alpha value is -1.50. The fourth-order valence-electron chi connectivity index (χ4n) is 1.47. The van der Waals surface area contributed by atoms with Crippen LogP contribution in [0.25, 0.3) is 0 Å². The topological polar surface area (TPSA) is 92.7 Å². The number of nitrogens with one attached hydrogen (secondary N) is 1. The van der Waals surface area contributed by atoms with E-state index in [0.717, 1.165) is 0 Å². The van der Waals surface area contributed by atoms with Crippen molar-refractivity contribution < 1.29 is 24.2 Å². The fourth-order valence-corrected chi connectivity index (χ4v) is 1.62. The minimum Gasteiger partial charge on any atom is -0.481 e. The molecule has 0 aliphatic rings. The molecule has 7 heteroatoms. The molecule has 1 amide bonds. The van der Waals surface area contributed by atoms with Crippen LogP contribution in [0.2, 0.25) is 0 Å². The van der Waals surface area contributed by atoms with Gasteiger partial charge >= 0.3 is 11.9 Å². The summed E-state index contributed by atoms with van der Waals surface area (Å²) in [5.74, 6) is -1.25. The van der Waals surface area contributed by atoms with Crippen molar-refractivity contribution in [2.24, 2.45) is 5.92 Å². The zero-order valence-electron chi connectivity index (χ0n) is 11.6. The molecule has 0 rings (SSSR count). The predicted octanol–water partition coefficient (Wildman–Crippen LogP) is 1.02. The van der Waals surface area contributed by atoms with Crippen molar-refractivity contribution in [3.63, 3.8) is 0 Å². The van der Waals surface area contributed by atoms with Crippen LogP contribution in [-0.2, 0) is 19.1 Å². The summed E-state index contributed by atoms with van der Waals surface area (Å²) in [6.45, 7) is 3.51. The van der Waals surface area contributed by atoms with E-state index in [2.05, 4.69) is 17.9 Å². The summed E-state index contributed by atoms with van der Waals surface area (Å²) in [6.07, 6.45) is 3.15. The fraction of sp³-hybridized carbons (Fsp3) is 0.615. The monoisotopic (exact) mass is 303 g/mol. The number of allylic oxidation sites excluding steroid dienone is 1. The summed E-state index contributed by atoms with van der Waals surface area (Å²) in [5.41, 5.74) is 0. The predicted molar refractivity (Wildman–Crippen MR) is 77.6 cm³/mol. The highest BCUT2D eigenvalue weighted by molar-refractivity contribution is 7.80. The summed E-state index contributed by atoms with van der Waals surface area (Å²) >= 11 is 4.03. The highest BCUT2D eigenvalue weighted by Gasteiger charge is 2.26. The van der Waals surface area contributed by atoms with E-state index in [-0.39, 0.29) is 12.3 Å². The van der Waals surface area contributed by atoms with E-state index in [0.29, 0.717) is 18.6 Å². The molecule has 1 unspecified atom stereocenters. The van der Waals surface area contributed by atoms with Crippen LogP contribution in [0.5, 0.6) is 0 Å². The van der Waals surface area contributed by atoms with Gasteiger partial charge in [0.15, 0.2) is 0 Å². The summed E-state index contributed by atoms with van der Waals surface area (Å²) < 4.78 is 5.13. The summed E-state index contributed by atoms with van der Waals surface area (Å²) in [5, 5.41) is 11.2. The molecule has 0 bridgehead atoms. The number of hydrogen-bond acceptors (Lipinski definition) is 5. The second-order valence-corrected chi connectivity index (χ2v) is 4.97. The van der Waals surface area contributed by atoms with Gasteiger partial charge in [-0.3, -0.25) is 9.59 Å². The van der Waals surface area contributed by atoms with Gasteiger partial charge < -0.3 is 15.2 Å². The first kappa shape index (κ1) is 18.5. The first-order valence-corrected chi connectivity index (χ1v) is 6.95. The number of carbonyl (C=O) groups is 3. The molecule has 0 spiro atoms. The van der Waals surface area contributed by atoms with E-state index in [1.165, 1.54) is 6.08 Å². The highest BCUT2D eigenvalue weighted by atomic mass is 32.1. The van der Waals surface area contributed by atoms with Crippen molar-refractivity contribution in [1.29, 1.82) is 0 Å². The molecular formula is C13H21NO5S. The second kappa shape index (κ2) is 10.3. The average Bonchev–Trinajstić information content (AvgIpc) is 2.34. The smallest absolute Gasteiger partial charge is 0.329 e. The van der Waals surface area contributed by atoms with Crippen molar-refractivity contribution in [3.05, 3.63) is 12.2 Å². The van der Waals surface area contributed by atoms with Gasteiger partial charge in [-0.15, -0.1) is 0 Å². The number of carboxylic acid groups (broad SMARTS) is 1. The lowest BCUT2D eigenvalue weighted by atomic mass is 10.1. The van der Waals surface area contributed by atoms with Gasteiger partial charge in [0.1, 0.15) is 12.1 Å². The van der Waals surface area contributed by atoms with Gasteiger partial charge in [-0.25, -0.2) is 4.79 Å². The Morgan fingerprint density at radius 3 is 2.50 bits per heavy atom. The Bertz CT molecular complexity index is 357. The van der Waals surface area contributed by atoms with Crippen molar-refractivity contribution >= 4 is 31.0 Å². The van der Waals surface area contributed by atoms with Crippen molar-refractivity contribution in [1.82, 2.24) is 5.32 Å². The van der Waals surface area contributed by atoms with Crippen LogP contribution in [0.4, 0.5) is 0 Å². The van der Waals surface area contributed by atoms with E-state index < -0.39 is 24.1 Å². The number of carbonyl (C=O) groups excluding carboxylic acids is 2. The lowest BCUT2D eigenvalue weighted by molar-refractivity contribution is -0.154. The number of hydrogen-bond donors (Lipinski definition) is 3. The van der Waals surface area contributed by atoms with E-state index in [1.807, 2.05) is 0 Å². The van der Waals surface area contributed by atoms with Crippen molar-refractivity contribution in [2.45, 2.75) is 38.8 Å². The molecule has 0 aliphatic carbocycles. The molecule has 0 saturated heterocycles. The Labute approximate surface area is 124 Å². The van der Waals surface area contributed by atoms with Crippen LogP contribution in [0, 0.1) is 5.92 Å². The van der Waals surface area contributed by atoms with E-state index >= 15 is 0 Å². The molecule has 0 radical (unpaired) electrons. The molecular weight excluding hydrogens is 282 g/mol. The van der Waals surface area contributed by atoms with Crippen LogP contribution < -0.4 is 5.32 Å². The minimum absolute atomic E-state index is 0.153. The first-order valence-electron chi connectivity index (χ1n) is 6.31. The third-order valence-corrected chi connectivity index (χ3v) is 2.72. The minimum atomic E-state index is -1.07. The lowest BCUT2D eigenvalue weighted by Gasteiger charge is -2.21. The molecule has 0 saturated carbocycles. The van der Waals surface area contributed by atoms with E-state index in [9.17, 15) is 14.4 Å². The van der Waals surface area contributed by atoms with Gasteiger partial charge in [-0.2, -0.15) is 12.6 Å². The van der Waals surface area contributed by atoms with Crippen LogP contribution >= 0.6 is 12.6 Å². The number of thiol groups is 1. The molecule has 2 atom stereocenters. The number of esters is 1. The van der Waals surface area contributed by atoms with Gasteiger partial charge in [0.05, 0.1) is 6.42 Å². The zero-order chi connectivity index (χ0) is 15.5. The molecule has 6 nitrogen and oxygen atoms in total. The first-order chi connectivity index (χ1) is 9.42. The van der Waals surface area contributed by atoms with Crippen LogP contribution in [0.15, 0.2) is 12.2 Å². The number of carboxylic acids is 1. The van der Waals surface area contributed by atoms with Crippen LogP contribution in [0.3, 0.4) is 0 Å². The molecule has 0 aromatic rings. The van der Waals surface area contributed by atoms with Crippen molar-refractivity contribution in [3.8, 4) is 0 Å². The Balaban J connectivity index is 4.71. The van der Waals surface area contributed by atoms with Gasteiger partial charge in [0.2, 0.25) is 6.41 Å². The van der Waals surface area contributed by atoms with E-state index in [1.54, 1.807) is 19.9 Å². The number of amides is 1. The Morgan fingerprint density at radius 1 is 1.40 bits per heavy atom. The molecule has 0 fully saturated rings. The Morgan fingerprint density at radius 2 is 2.05 bits per heavy atom. The van der Waals surface area contributed by atoms with Gasteiger partial charge in [0.25, 0.3) is 0 Å². The molecule has 0 aromatic heterocycles. The maximum atomic E-state index is 11.9.